The van der Waals surface area contributed by atoms with Gasteiger partial charge in [0.25, 0.3) is 0 Å². The maximum Gasteiger partial charge on any atom is 0.238 e. The van der Waals surface area contributed by atoms with Crippen molar-refractivity contribution < 1.29 is 4.79 Å². The molecule has 23 heavy (non-hydrogen) atoms. The Morgan fingerprint density at radius 2 is 2.04 bits per heavy atom. The topological polar surface area (TPSA) is 44.4 Å². The Hall–Kier alpha value is -1.10. The van der Waals surface area contributed by atoms with Gasteiger partial charge >= 0.3 is 0 Å². The Morgan fingerprint density at radius 3 is 2.65 bits per heavy atom. The van der Waals surface area contributed by atoms with Crippen molar-refractivity contribution in [1.29, 1.82) is 0 Å². The van der Waals surface area contributed by atoms with Gasteiger partial charge < -0.3 is 10.6 Å². The number of halogens is 1. The average Bonchev–Trinajstić information content (AvgIpc) is 2.51. The molecule has 128 valence electrons. The number of carbonyl (C=O) groups excluding carboxylic acids is 1. The smallest absolute Gasteiger partial charge is 0.238 e. The molecule has 1 heterocycles. The predicted octanol–water partition coefficient (Wildman–Crippen LogP) is 3.36. The highest BCUT2D eigenvalue weighted by atomic mass is 35.5. The van der Waals surface area contributed by atoms with E-state index in [1.54, 1.807) is 0 Å². The van der Waals surface area contributed by atoms with Gasteiger partial charge in [0.15, 0.2) is 0 Å². The molecule has 0 atom stereocenters. The van der Waals surface area contributed by atoms with Gasteiger partial charge in [-0.1, -0.05) is 24.6 Å². The van der Waals surface area contributed by atoms with Crippen LogP contribution >= 0.6 is 11.6 Å². The molecule has 1 fully saturated rings. The van der Waals surface area contributed by atoms with E-state index >= 15 is 0 Å². The van der Waals surface area contributed by atoms with Crippen LogP contribution in [0.1, 0.15) is 37.3 Å². The van der Waals surface area contributed by atoms with Gasteiger partial charge in [-0.15, -0.1) is 0 Å². The van der Waals surface area contributed by atoms with E-state index in [0.717, 1.165) is 55.7 Å². The summed E-state index contributed by atoms with van der Waals surface area (Å²) < 4.78 is 0. The molecule has 1 aromatic rings. The molecular formula is C18H28ClN3O. The van der Waals surface area contributed by atoms with Crippen molar-refractivity contribution in [1.82, 2.24) is 10.2 Å². The fourth-order valence-corrected chi connectivity index (χ4v) is 3.66. The SMILES string of the molecule is CCCN(CC(=O)Nc1c(C)cc(C)cc1Cl)C1CCNCC1. The molecule has 0 saturated carbocycles. The second-order valence-electron chi connectivity index (χ2n) is 6.44. The molecule has 0 aromatic heterocycles. The molecule has 1 aromatic carbocycles. The quantitative estimate of drug-likeness (QED) is 0.836. The second-order valence-corrected chi connectivity index (χ2v) is 6.85. The monoisotopic (exact) mass is 337 g/mol. The number of aryl methyl sites for hydroxylation is 2. The minimum absolute atomic E-state index is 0.0193. The molecule has 0 bridgehead atoms. The lowest BCUT2D eigenvalue weighted by molar-refractivity contribution is -0.118. The van der Waals surface area contributed by atoms with Crippen molar-refractivity contribution in [3.05, 3.63) is 28.3 Å². The molecular weight excluding hydrogens is 310 g/mol. The minimum atomic E-state index is 0.0193. The summed E-state index contributed by atoms with van der Waals surface area (Å²) in [6.07, 6.45) is 3.27. The van der Waals surface area contributed by atoms with E-state index in [1.165, 1.54) is 0 Å². The minimum Gasteiger partial charge on any atom is -0.323 e. The largest absolute Gasteiger partial charge is 0.323 e. The van der Waals surface area contributed by atoms with Crippen LogP contribution in [-0.4, -0.2) is 43.0 Å². The first-order valence-corrected chi connectivity index (χ1v) is 8.90. The van der Waals surface area contributed by atoms with Gasteiger partial charge in [-0.05, 0) is 69.9 Å². The van der Waals surface area contributed by atoms with Crippen molar-refractivity contribution >= 4 is 23.2 Å². The third kappa shape index (κ3) is 5.20. The Labute approximate surface area is 144 Å². The fraction of sp³-hybridized carbons (Fsp3) is 0.611. The summed E-state index contributed by atoms with van der Waals surface area (Å²) in [6, 6.07) is 4.43. The number of benzene rings is 1. The molecule has 1 saturated heterocycles. The highest BCUT2D eigenvalue weighted by molar-refractivity contribution is 6.34. The van der Waals surface area contributed by atoms with E-state index in [4.69, 9.17) is 11.6 Å². The van der Waals surface area contributed by atoms with Gasteiger partial charge in [-0.2, -0.15) is 0 Å². The van der Waals surface area contributed by atoms with Crippen LogP contribution in [0.2, 0.25) is 5.02 Å². The zero-order chi connectivity index (χ0) is 16.8. The number of nitrogens with zero attached hydrogens (tertiary/aromatic N) is 1. The number of nitrogens with one attached hydrogen (secondary N) is 2. The Bertz CT molecular complexity index is 518. The highest BCUT2D eigenvalue weighted by Crippen LogP contribution is 2.27. The Kier molecular flexibility index (Phi) is 6.88. The van der Waals surface area contributed by atoms with Crippen LogP contribution in [0.3, 0.4) is 0 Å². The van der Waals surface area contributed by atoms with Crippen LogP contribution in [0.15, 0.2) is 12.1 Å². The van der Waals surface area contributed by atoms with Crippen molar-refractivity contribution in [2.45, 2.75) is 46.1 Å². The summed E-state index contributed by atoms with van der Waals surface area (Å²) in [6.45, 7) is 9.61. The van der Waals surface area contributed by atoms with Crippen LogP contribution < -0.4 is 10.6 Å². The van der Waals surface area contributed by atoms with E-state index in [0.29, 0.717) is 17.6 Å². The Morgan fingerprint density at radius 1 is 1.35 bits per heavy atom. The zero-order valence-corrected chi connectivity index (χ0v) is 15.2. The highest BCUT2D eigenvalue weighted by Gasteiger charge is 2.22. The summed E-state index contributed by atoms with van der Waals surface area (Å²) in [5.74, 6) is 0.0193. The number of hydrogen-bond acceptors (Lipinski definition) is 3. The first-order chi connectivity index (χ1) is 11.0. The predicted molar refractivity (Wildman–Crippen MR) is 97.3 cm³/mol. The molecule has 2 rings (SSSR count). The molecule has 2 N–H and O–H groups in total. The Balaban J connectivity index is 2.01. The molecule has 5 heteroatoms. The van der Waals surface area contributed by atoms with E-state index in [9.17, 15) is 4.79 Å². The molecule has 1 aliphatic heterocycles. The standard InChI is InChI=1S/C18H28ClN3O/c1-4-9-22(15-5-7-20-8-6-15)12-17(23)21-18-14(3)10-13(2)11-16(18)19/h10-11,15,20H,4-9,12H2,1-3H3,(H,21,23). The lowest BCUT2D eigenvalue weighted by atomic mass is 10.0. The molecule has 4 nitrogen and oxygen atoms in total. The fourth-order valence-electron chi connectivity index (χ4n) is 3.29. The van der Waals surface area contributed by atoms with Gasteiger partial charge in [-0.3, -0.25) is 9.69 Å². The molecule has 1 amide bonds. The van der Waals surface area contributed by atoms with Crippen molar-refractivity contribution in [3.8, 4) is 0 Å². The van der Waals surface area contributed by atoms with Crippen LogP contribution in [0.5, 0.6) is 0 Å². The molecule has 1 aliphatic rings. The number of carbonyl (C=O) groups is 1. The van der Waals surface area contributed by atoms with E-state index in [2.05, 4.69) is 22.5 Å². The maximum atomic E-state index is 12.5. The molecule has 0 unspecified atom stereocenters. The summed E-state index contributed by atoms with van der Waals surface area (Å²) in [5.41, 5.74) is 2.85. The van der Waals surface area contributed by atoms with Gasteiger partial charge in [0.1, 0.15) is 0 Å². The first-order valence-electron chi connectivity index (χ1n) is 8.52. The van der Waals surface area contributed by atoms with Crippen molar-refractivity contribution in [3.63, 3.8) is 0 Å². The van der Waals surface area contributed by atoms with Crippen LogP contribution in [0.25, 0.3) is 0 Å². The number of hydrogen-bond donors (Lipinski definition) is 2. The van der Waals surface area contributed by atoms with Gasteiger partial charge in [0.05, 0.1) is 17.3 Å². The zero-order valence-electron chi connectivity index (χ0n) is 14.4. The molecule has 0 radical (unpaired) electrons. The van der Waals surface area contributed by atoms with Gasteiger partial charge in [0, 0.05) is 6.04 Å². The number of amides is 1. The lowest BCUT2D eigenvalue weighted by Gasteiger charge is -2.34. The summed E-state index contributed by atoms with van der Waals surface area (Å²) >= 11 is 6.29. The van der Waals surface area contributed by atoms with E-state index in [-0.39, 0.29) is 5.91 Å². The number of piperidine rings is 1. The van der Waals surface area contributed by atoms with Crippen LogP contribution in [0.4, 0.5) is 5.69 Å². The van der Waals surface area contributed by atoms with Gasteiger partial charge in [-0.25, -0.2) is 0 Å². The van der Waals surface area contributed by atoms with Crippen molar-refractivity contribution in [2.75, 3.05) is 31.5 Å². The second kappa shape index (κ2) is 8.67. The molecule has 0 spiro atoms. The molecule has 0 aliphatic carbocycles. The third-order valence-electron chi connectivity index (χ3n) is 4.38. The summed E-state index contributed by atoms with van der Waals surface area (Å²) in [5, 5.41) is 7.00. The lowest BCUT2D eigenvalue weighted by Crippen LogP contribution is -2.46. The van der Waals surface area contributed by atoms with E-state index < -0.39 is 0 Å². The number of rotatable bonds is 6. The summed E-state index contributed by atoms with van der Waals surface area (Å²) in [4.78, 5) is 14.8. The van der Waals surface area contributed by atoms with Crippen molar-refractivity contribution in [2.24, 2.45) is 0 Å². The first kappa shape index (κ1) is 18.2. The average molecular weight is 338 g/mol. The maximum absolute atomic E-state index is 12.5. The third-order valence-corrected chi connectivity index (χ3v) is 4.68. The number of anilines is 1. The van der Waals surface area contributed by atoms with Gasteiger partial charge in [0.2, 0.25) is 5.91 Å². The summed E-state index contributed by atoms with van der Waals surface area (Å²) in [7, 11) is 0. The van der Waals surface area contributed by atoms with Crippen LogP contribution in [-0.2, 0) is 4.79 Å². The van der Waals surface area contributed by atoms with Crippen LogP contribution in [0, 0.1) is 13.8 Å². The normalized spacial score (nSPS) is 15.9. The van der Waals surface area contributed by atoms with E-state index in [1.807, 2.05) is 26.0 Å².